The number of carbonyl (C=O) groups is 1. The molecule has 0 aromatic heterocycles. The fourth-order valence-electron chi connectivity index (χ4n) is 2.57. The Kier molecular flexibility index (Phi) is 12.3. The number of nitrogens with two attached hydrogens (primary N) is 1. The standard InChI is InChI=1S/C11H18F3NO3S.2C6H6/c12-11(13,14)10(18,7-1-2-7)4-6-19-5-3-8(15)9(16)17;2*1-2-4-6-5-3-1/h7-8,18H,1-6,15H2,(H,16,17);2*1-6H. The molecule has 0 amide bonds. The summed E-state index contributed by atoms with van der Waals surface area (Å²) < 4.78 is 38.3. The van der Waals surface area contributed by atoms with Crippen LogP contribution < -0.4 is 5.73 Å². The molecule has 0 heterocycles. The quantitative estimate of drug-likeness (QED) is 0.487. The molecule has 2 atom stereocenters. The summed E-state index contributed by atoms with van der Waals surface area (Å²) in [5.41, 5.74) is 2.68. The molecule has 0 saturated heterocycles. The molecular weight excluding hydrogens is 427 g/mol. The number of carboxylic acid groups (broad SMARTS) is 1. The van der Waals surface area contributed by atoms with Crippen LogP contribution in [0.3, 0.4) is 0 Å². The van der Waals surface area contributed by atoms with E-state index in [2.05, 4.69) is 0 Å². The average molecular weight is 458 g/mol. The molecule has 31 heavy (non-hydrogen) atoms. The highest BCUT2D eigenvalue weighted by Gasteiger charge is 2.60. The zero-order valence-electron chi connectivity index (χ0n) is 17.2. The number of halogens is 3. The second-order valence-corrected chi connectivity index (χ2v) is 8.33. The Morgan fingerprint density at radius 1 is 0.903 bits per heavy atom. The van der Waals surface area contributed by atoms with Crippen LogP contribution in [0.1, 0.15) is 25.7 Å². The van der Waals surface area contributed by atoms with E-state index in [4.69, 9.17) is 10.8 Å². The lowest BCUT2D eigenvalue weighted by Gasteiger charge is -2.30. The van der Waals surface area contributed by atoms with Crippen LogP contribution in [0, 0.1) is 5.92 Å². The lowest BCUT2D eigenvalue weighted by Crippen LogP contribution is -2.47. The normalized spacial score (nSPS) is 15.9. The van der Waals surface area contributed by atoms with E-state index in [0.717, 1.165) is 0 Å². The molecule has 4 N–H and O–H groups in total. The van der Waals surface area contributed by atoms with Gasteiger partial charge in [-0.05, 0) is 43.1 Å². The molecule has 0 spiro atoms. The molecule has 1 fully saturated rings. The van der Waals surface area contributed by atoms with Crippen molar-refractivity contribution < 1.29 is 28.2 Å². The minimum atomic E-state index is -4.60. The van der Waals surface area contributed by atoms with E-state index in [0.29, 0.717) is 18.6 Å². The van der Waals surface area contributed by atoms with Crippen LogP contribution in [0.5, 0.6) is 0 Å². The minimum Gasteiger partial charge on any atom is -0.480 e. The van der Waals surface area contributed by atoms with Crippen molar-refractivity contribution in [1.29, 1.82) is 0 Å². The zero-order valence-corrected chi connectivity index (χ0v) is 18.1. The highest BCUT2D eigenvalue weighted by Crippen LogP contribution is 2.50. The summed E-state index contributed by atoms with van der Waals surface area (Å²) in [6.45, 7) is 0. The summed E-state index contributed by atoms with van der Waals surface area (Å²) in [6.07, 6.45) is -3.94. The van der Waals surface area contributed by atoms with Gasteiger partial charge in [0.2, 0.25) is 0 Å². The molecule has 1 aliphatic carbocycles. The van der Waals surface area contributed by atoms with Crippen LogP contribution in [0.25, 0.3) is 0 Å². The first-order valence-corrected chi connectivity index (χ1v) is 11.2. The van der Waals surface area contributed by atoms with E-state index < -0.39 is 29.7 Å². The first-order chi connectivity index (χ1) is 14.7. The summed E-state index contributed by atoms with van der Waals surface area (Å²) in [5.74, 6) is -1.30. The monoisotopic (exact) mass is 457 g/mol. The van der Waals surface area contributed by atoms with Crippen LogP contribution >= 0.6 is 11.8 Å². The van der Waals surface area contributed by atoms with Gasteiger partial charge >= 0.3 is 12.1 Å². The largest absolute Gasteiger partial charge is 0.480 e. The first-order valence-electron chi connectivity index (χ1n) is 10.0. The Morgan fingerprint density at radius 3 is 1.58 bits per heavy atom. The van der Waals surface area contributed by atoms with Crippen molar-refractivity contribution >= 4 is 17.7 Å². The van der Waals surface area contributed by atoms with Crippen molar-refractivity contribution in [2.45, 2.75) is 43.5 Å². The van der Waals surface area contributed by atoms with Gasteiger partial charge < -0.3 is 15.9 Å². The van der Waals surface area contributed by atoms with E-state index in [-0.39, 0.29) is 18.6 Å². The van der Waals surface area contributed by atoms with E-state index in [1.807, 2.05) is 72.8 Å². The zero-order chi connectivity index (χ0) is 23.2. The van der Waals surface area contributed by atoms with E-state index in [1.165, 1.54) is 11.8 Å². The number of aliphatic carboxylic acids is 1. The summed E-state index contributed by atoms with van der Waals surface area (Å²) in [6, 6.07) is 23.0. The van der Waals surface area contributed by atoms with E-state index >= 15 is 0 Å². The fraction of sp³-hybridized carbons (Fsp3) is 0.435. The van der Waals surface area contributed by atoms with Crippen molar-refractivity contribution in [3.63, 3.8) is 0 Å². The molecule has 0 radical (unpaired) electrons. The number of benzene rings is 2. The molecule has 3 rings (SSSR count). The minimum absolute atomic E-state index is 0.138. The lowest BCUT2D eigenvalue weighted by atomic mass is 9.94. The van der Waals surface area contributed by atoms with Crippen molar-refractivity contribution in [2.24, 2.45) is 11.7 Å². The van der Waals surface area contributed by atoms with Gasteiger partial charge in [-0.15, -0.1) is 0 Å². The Bertz CT molecular complexity index is 630. The Morgan fingerprint density at radius 2 is 1.29 bits per heavy atom. The molecule has 1 aliphatic rings. The Labute approximate surface area is 185 Å². The maximum Gasteiger partial charge on any atom is 0.417 e. The molecular formula is C23H30F3NO3S. The van der Waals surface area contributed by atoms with Gasteiger partial charge in [-0.25, -0.2) is 0 Å². The third kappa shape index (κ3) is 11.2. The van der Waals surface area contributed by atoms with Crippen molar-refractivity contribution in [1.82, 2.24) is 0 Å². The summed E-state index contributed by atoms with van der Waals surface area (Å²) in [7, 11) is 0. The highest BCUT2D eigenvalue weighted by atomic mass is 32.2. The highest BCUT2D eigenvalue weighted by molar-refractivity contribution is 7.99. The van der Waals surface area contributed by atoms with Crippen LogP contribution in [0.15, 0.2) is 72.8 Å². The number of alkyl halides is 3. The van der Waals surface area contributed by atoms with Gasteiger partial charge in [-0.1, -0.05) is 72.8 Å². The topological polar surface area (TPSA) is 83.5 Å². The van der Waals surface area contributed by atoms with Gasteiger partial charge in [0.1, 0.15) is 6.04 Å². The van der Waals surface area contributed by atoms with Gasteiger partial charge in [0, 0.05) is 0 Å². The molecule has 2 aromatic rings. The Balaban J connectivity index is 0.000000320. The molecule has 4 nitrogen and oxygen atoms in total. The second kappa shape index (κ2) is 14.1. The molecule has 172 valence electrons. The maximum absolute atomic E-state index is 12.8. The predicted molar refractivity (Wildman–Crippen MR) is 119 cm³/mol. The summed E-state index contributed by atoms with van der Waals surface area (Å²) in [5, 5.41) is 18.3. The number of carboxylic acids is 1. The van der Waals surface area contributed by atoms with Crippen LogP contribution in [0.4, 0.5) is 13.2 Å². The number of thioether (sulfide) groups is 1. The van der Waals surface area contributed by atoms with Crippen molar-refractivity contribution in [2.75, 3.05) is 11.5 Å². The second-order valence-electron chi connectivity index (χ2n) is 7.10. The smallest absolute Gasteiger partial charge is 0.417 e. The average Bonchev–Trinajstić information content (AvgIpc) is 3.61. The van der Waals surface area contributed by atoms with Crippen molar-refractivity contribution in [3.05, 3.63) is 72.8 Å². The van der Waals surface area contributed by atoms with E-state index in [1.54, 1.807) is 0 Å². The van der Waals surface area contributed by atoms with Gasteiger partial charge in [0.25, 0.3) is 0 Å². The van der Waals surface area contributed by atoms with Crippen LogP contribution in [-0.4, -0.2) is 45.5 Å². The van der Waals surface area contributed by atoms with Gasteiger partial charge in [0.05, 0.1) is 0 Å². The molecule has 8 heteroatoms. The summed E-state index contributed by atoms with van der Waals surface area (Å²) in [4.78, 5) is 10.4. The molecule has 1 saturated carbocycles. The third-order valence-corrected chi connectivity index (χ3v) is 5.61. The maximum atomic E-state index is 12.8. The molecule has 2 aromatic carbocycles. The number of rotatable bonds is 8. The van der Waals surface area contributed by atoms with E-state index in [9.17, 15) is 23.1 Å². The molecule has 2 unspecified atom stereocenters. The molecule has 0 aliphatic heterocycles. The number of hydrogen-bond donors (Lipinski definition) is 3. The number of hydrogen-bond acceptors (Lipinski definition) is 4. The van der Waals surface area contributed by atoms with Gasteiger partial charge in [-0.2, -0.15) is 24.9 Å². The van der Waals surface area contributed by atoms with Crippen LogP contribution in [0.2, 0.25) is 0 Å². The van der Waals surface area contributed by atoms with Crippen molar-refractivity contribution in [3.8, 4) is 0 Å². The summed E-state index contributed by atoms with van der Waals surface area (Å²) >= 11 is 1.18. The predicted octanol–water partition coefficient (Wildman–Crippen LogP) is 4.99. The number of aliphatic hydroxyl groups is 1. The third-order valence-electron chi connectivity index (χ3n) is 4.59. The lowest BCUT2D eigenvalue weighted by molar-refractivity contribution is -0.269. The fourth-order valence-corrected chi connectivity index (χ4v) is 3.65. The van der Waals surface area contributed by atoms with Gasteiger partial charge in [-0.3, -0.25) is 4.79 Å². The van der Waals surface area contributed by atoms with Crippen LogP contribution in [-0.2, 0) is 4.79 Å². The Hall–Kier alpha value is -2.03. The first kappa shape index (κ1) is 27.0. The SMILES string of the molecule is NC(CCSCCC(O)(C1CC1)C(F)(F)F)C(=O)O.c1ccccc1.c1ccccc1. The van der Waals surface area contributed by atoms with Gasteiger partial charge in [0.15, 0.2) is 5.60 Å². The molecule has 0 bridgehead atoms.